The quantitative estimate of drug-likeness (QED) is 0.340. The maximum Gasteiger partial charge on any atom is 0.123 e. The van der Waals surface area contributed by atoms with Gasteiger partial charge in [0, 0.05) is 48.7 Å². The number of pyridine rings is 1. The summed E-state index contributed by atoms with van der Waals surface area (Å²) in [6.07, 6.45) is 10.2. The average molecular weight is 490 g/mol. The van der Waals surface area contributed by atoms with Crippen LogP contribution in [0.25, 0.3) is 10.9 Å². The summed E-state index contributed by atoms with van der Waals surface area (Å²) in [5.74, 6) is 0.522. The monoisotopic (exact) mass is 489 g/mol. The SMILES string of the molecule is CCc1cc(F)ccc1S/C=C/C1CCC(N2CCN(c3cc(C)cc4cccnc34)CC2)CC1. The van der Waals surface area contributed by atoms with E-state index in [9.17, 15) is 4.39 Å². The molecule has 184 valence electrons. The van der Waals surface area contributed by atoms with Crippen LogP contribution in [-0.2, 0) is 6.42 Å². The van der Waals surface area contributed by atoms with Crippen LogP contribution in [0.15, 0.2) is 65.0 Å². The molecule has 0 radical (unpaired) electrons. The molecule has 0 spiro atoms. The first kappa shape index (κ1) is 24.3. The molecule has 0 atom stereocenters. The lowest BCUT2D eigenvalue weighted by Crippen LogP contribution is -2.51. The molecule has 0 amide bonds. The number of rotatable bonds is 6. The number of anilines is 1. The van der Waals surface area contributed by atoms with Crippen LogP contribution >= 0.6 is 11.8 Å². The maximum atomic E-state index is 13.5. The van der Waals surface area contributed by atoms with E-state index in [1.54, 1.807) is 23.9 Å². The van der Waals surface area contributed by atoms with E-state index in [1.165, 1.54) is 47.2 Å². The van der Waals surface area contributed by atoms with E-state index in [-0.39, 0.29) is 5.82 Å². The fraction of sp³-hybridized carbons (Fsp3) is 0.433. The molecule has 3 aromatic rings. The number of aromatic nitrogens is 1. The fourth-order valence-electron chi connectivity index (χ4n) is 5.71. The van der Waals surface area contributed by atoms with E-state index in [4.69, 9.17) is 4.98 Å². The molecular weight excluding hydrogens is 453 g/mol. The van der Waals surface area contributed by atoms with Gasteiger partial charge in [0.05, 0.1) is 11.2 Å². The van der Waals surface area contributed by atoms with Crippen LogP contribution in [0, 0.1) is 18.7 Å². The topological polar surface area (TPSA) is 19.4 Å². The Labute approximate surface area is 213 Å². The van der Waals surface area contributed by atoms with Crippen molar-refractivity contribution in [3.63, 3.8) is 0 Å². The Hall–Kier alpha value is -2.37. The smallest absolute Gasteiger partial charge is 0.123 e. The van der Waals surface area contributed by atoms with E-state index in [1.807, 2.05) is 18.3 Å². The van der Waals surface area contributed by atoms with Gasteiger partial charge in [-0.1, -0.05) is 30.8 Å². The molecule has 5 rings (SSSR count). The van der Waals surface area contributed by atoms with Crippen molar-refractivity contribution in [1.29, 1.82) is 0 Å². The number of aryl methyl sites for hydroxylation is 2. The van der Waals surface area contributed by atoms with E-state index >= 15 is 0 Å². The molecule has 1 saturated heterocycles. The minimum absolute atomic E-state index is 0.141. The molecule has 1 aromatic heterocycles. The fourth-order valence-corrected chi connectivity index (χ4v) is 6.66. The molecule has 35 heavy (non-hydrogen) atoms. The van der Waals surface area contributed by atoms with Crippen LogP contribution in [-0.4, -0.2) is 42.1 Å². The average Bonchev–Trinajstić information content (AvgIpc) is 2.89. The van der Waals surface area contributed by atoms with Gasteiger partial charge < -0.3 is 4.90 Å². The number of halogens is 1. The molecule has 0 bridgehead atoms. The predicted molar refractivity (Wildman–Crippen MR) is 147 cm³/mol. The lowest BCUT2D eigenvalue weighted by atomic mass is 9.85. The van der Waals surface area contributed by atoms with E-state index in [2.05, 4.69) is 53.3 Å². The number of fused-ring (bicyclic) bond motifs is 1. The Morgan fingerprint density at radius 3 is 2.60 bits per heavy atom. The van der Waals surface area contributed by atoms with Gasteiger partial charge in [-0.05, 0) is 97.9 Å². The Morgan fingerprint density at radius 1 is 1.03 bits per heavy atom. The second-order valence-electron chi connectivity index (χ2n) is 10.0. The van der Waals surface area contributed by atoms with Crippen molar-refractivity contribution in [2.75, 3.05) is 31.1 Å². The zero-order valence-corrected chi connectivity index (χ0v) is 21.7. The van der Waals surface area contributed by atoms with Crippen molar-refractivity contribution in [3.05, 3.63) is 77.1 Å². The molecule has 1 aliphatic carbocycles. The summed E-state index contributed by atoms with van der Waals surface area (Å²) >= 11 is 1.73. The van der Waals surface area contributed by atoms with Crippen LogP contribution < -0.4 is 4.90 Å². The Balaban J connectivity index is 1.12. The number of thioether (sulfide) groups is 1. The second kappa shape index (κ2) is 11.1. The summed E-state index contributed by atoms with van der Waals surface area (Å²) in [5.41, 5.74) is 4.82. The molecule has 2 aromatic carbocycles. The van der Waals surface area contributed by atoms with Crippen LogP contribution in [0.4, 0.5) is 10.1 Å². The van der Waals surface area contributed by atoms with Crippen molar-refractivity contribution in [2.24, 2.45) is 5.92 Å². The van der Waals surface area contributed by atoms with E-state index in [0.717, 1.165) is 43.7 Å². The van der Waals surface area contributed by atoms with Crippen molar-refractivity contribution < 1.29 is 4.39 Å². The van der Waals surface area contributed by atoms with Gasteiger partial charge in [0.1, 0.15) is 5.82 Å². The molecule has 0 N–H and O–H groups in total. The Morgan fingerprint density at radius 2 is 1.83 bits per heavy atom. The van der Waals surface area contributed by atoms with Gasteiger partial charge in [-0.3, -0.25) is 9.88 Å². The minimum Gasteiger partial charge on any atom is -0.367 e. The summed E-state index contributed by atoms with van der Waals surface area (Å²) in [6.45, 7) is 8.68. The molecule has 2 heterocycles. The Kier molecular flexibility index (Phi) is 7.74. The van der Waals surface area contributed by atoms with Gasteiger partial charge >= 0.3 is 0 Å². The maximum absolute atomic E-state index is 13.5. The van der Waals surface area contributed by atoms with Gasteiger partial charge in [-0.2, -0.15) is 0 Å². The highest BCUT2D eigenvalue weighted by molar-refractivity contribution is 8.02. The standard InChI is InChI=1S/C30H36FN3S/c1-3-24-21-26(31)8-11-29(24)35-18-12-23-6-9-27(10-7-23)33-14-16-34(17-15-33)28-20-22(2)19-25-5-4-13-32-30(25)28/h4-5,8,11-13,18-21,23,27H,3,6-7,9-10,14-17H2,1-2H3/b18-12+. The van der Waals surface area contributed by atoms with E-state index < -0.39 is 0 Å². The summed E-state index contributed by atoms with van der Waals surface area (Å²) in [5, 5.41) is 3.47. The first-order valence-electron chi connectivity index (χ1n) is 13.1. The number of allylic oxidation sites excluding steroid dienone is 1. The molecule has 1 saturated carbocycles. The predicted octanol–water partition coefficient (Wildman–Crippen LogP) is 7.23. The van der Waals surface area contributed by atoms with Gasteiger partial charge in [-0.15, -0.1) is 0 Å². The molecule has 2 aliphatic rings. The first-order chi connectivity index (χ1) is 17.1. The summed E-state index contributed by atoms with van der Waals surface area (Å²) in [6, 6.07) is 14.6. The molecule has 1 aliphatic heterocycles. The number of hydrogen-bond donors (Lipinski definition) is 0. The number of piperazine rings is 1. The summed E-state index contributed by atoms with van der Waals surface area (Å²) in [7, 11) is 0. The second-order valence-corrected chi connectivity index (χ2v) is 11.0. The van der Waals surface area contributed by atoms with Crippen LogP contribution in [0.2, 0.25) is 0 Å². The molecule has 3 nitrogen and oxygen atoms in total. The van der Waals surface area contributed by atoms with Crippen molar-refractivity contribution >= 4 is 28.4 Å². The lowest BCUT2D eigenvalue weighted by molar-refractivity contribution is 0.137. The third kappa shape index (κ3) is 5.73. The highest BCUT2D eigenvalue weighted by atomic mass is 32.2. The molecular formula is C30H36FN3S. The normalized spacial score (nSPS) is 21.7. The summed E-state index contributed by atoms with van der Waals surface area (Å²) in [4.78, 5) is 11.1. The van der Waals surface area contributed by atoms with Gasteiger partial charge in [0.15, 0.2) is 0 Å². The number of hydrogen-bond acceptors (Lipinski definition) is 4. The largest absolute Gasteiger partial charge is 0.367 e. The third-order valence-corrected chi connectivity index (χ3v) is 8.64. The number of benzene rings is 2. The number of nitrogens with zero attached hydrogens (tertiary/aromatic N) is 3. The lowest BCUT2D eigenvalue weighted by Gasteiger charge is -2.42. The van der Waals surface area contributed by atoms with Gasteiger partial charge in [0.2, 0.25) is 0 Å². The highest BCUT2D eigenvalue weighted by Crippen LogP contribution is 2.33. The molecule has 0 unspecified atom stereocenters. The zero-order chi connectivity index (χ0) is 24.2. The minimum atomic E-state index is -0.141. The third-order valence-electron chi connectivity index (χ3n) is 7.69. The molecule has 5 heteroatoms. The molecule has 2 fully saturated rings. The first-order valence-corrected chi connectivity index (χ1v) is 13.9. The van der Waals surface area contributed by atoms with Gasteiger partial charge in [0.25, 0.3) is 0 Å². The van der Waals surface area contributed by atoms with Crippen molar-refractivity contribution in [1.82, 2.24) is 9.88 Å². The van der Waals surface area contributed by atoms with Crippen LogP contribution in [0.3, 0.4) is 0 Å². The van der Waals surface area contributed by atoms with Crippen molar-refractivity contribution in [3.8, 4) is 0 Å². The van der Waals surface area contributed by atoms with Crippen LogP contribution in [0.1, 0.15) is 43.7 Å². The zero-order valence-electron chi connectivity index (χ0n) is 20.9. The van der Waals surface area contributed by atoms with E-state index in [0.29, 0.717) is 12.0 Å². The van der Waals surface area contributed by atoms with Gasteiger partial charge in [-0.25, -0.2) is 4.39 Å². The Bertz CT molecular complexity index is 1180. The van der Waals surface area contributed by atoms with Crippen LogP contribution in [0.5, 0.6) is 0 Å². The highest BCUT2D eigenvalue weighted by Gasteiger charge is 2.28. The van der Waals surface area contributed by atoms with Crippen molar-refractivity contribution in [2.45, 2.75) is 56.9 Å². The summed E-state index contributed by atoms with van der Waals surface area (Å²) < 4.78 is 13.5.